The summed E-state index contributed by atoms with van der Waals surface area (Å²) >= 11 is 7.85. The van der Waals surface area contributed by atoms with Crippen LogP contribution in [0.3, 0.4) is 0 Å². The van der Waals surface area contributed by atoms with E-state index >= 15 is 0 Å². The van der Waals surface area contributed by atoms with Crippen LogP contribution in [0.2, 0.25) is 5.02 Å². The van der Waals surface area contributed by atoms with E-state index in [9.17, 15) is 23.6 Å². The Morgan fingerprint density at radius 2 is 1.94 bits per heavy atom. The van der Waals surface area contributed by atoms with Crippen molar-refractivity contribution >= 4 is 55.7 Å². The van der Waals surface area contributed by atoms with Crippen LogP contribution in [-0.4, -0.2) is 68.3 Å². The van der Waals surface area contributed by atoms with Gasteiger partial charge in [-0.2, -0.15) is 5.26 Å². The fourth-order valence-electron chi connectivity index (χ4n) is 7.52. The number of piperidine rings is 1. The summed E-state index contributed by atoms with van der Waals surface area (Å²) < 4.78 is 28.8. The highest BCUT2D eigenvalue weighted by Crippen LogP contribution is 2.40. The number of halogens is 3. The van der Waals surface area contributed by atoms with E-state index in [0.717, 1.165) is 28.7 Å². The summed E-state index contributed by atoms with van der Waals surface area (Å²) in [5.41, 5.74) is 3.53. The summed E-state index contributed by atoms with van der Waals surface area (Å²) in [5.74, 6) is 7.06. The maximum Gasteiger partial charge on any atom is 0.263 e. The molecule has 2 fully saturated rings. The van der Waals surface area contributed by atoms with Gasteiger partial charge in [-0.1, -0.05) is 23.4 Å². The zero-order chi connectivity index (χ0) is 35.3. The average molecular weight is 712 g/mol. The van der Waals surface area contributed by atoms with Crippen LogP contribution in [0.1, 0.15) is 59.9 Å². The molecule has 9 nitrogen and oxygen atoms in total. The van der Waals surface area contributed by atoms with E-state index in [0.29, 0.717) is 51.7 Å². The van der Waals surface area contributed by atoms with Gasteiger partial charge in [0.15, 0.2) is 5.78 Å². The molecule has 2 bridgehead atoms. The second-order valence-corrected chi connectivity index (χ2v) is 14.1. The van der Waals surface area contributed by atoms with Crippen LogP contribution in [0.4, 0.5) is 14.6 Å². The standard InChI is InChI=1S/C37H32ClF2N7O2S/c1-20(48)30-19-50-35-27(10-11-42-34(30)35)28-13-23(38)7-6-22(28)5-4-12-46-21(2)44-31-17-43-36(29(16-41)33(31)37(46)49)45(3)26-14-24-8-9-25(15-26)47(24)18-32(39)40/h6-7,10-11,13,17,19,24-26,32H,8-9,12,14-15,18H2,1-3H3/t24-,25+,26?. The van der Waals surface area contributed by atoms with Gasteiger partial charge in [0.1, 0.15) is 23.3 Å². The smallest absolute Gasteiger partial charge is 0.263 e. The lowest BCUT2D eigenvalue weighted by Gasteiger charge is -2.42. The zero-order valence-electron chi connectivity index (χ0n) is 27.6. The third-order valence-corrected chi connectivity index (χ3v) is 11.2. The predicted octanol–water partition coefficient (Wildman–Crippen LogP) is 6.85. The van der Waals surface area contributed by atoms with E-state index in [2.05, 4.69) is 32.9 Å². The number of benzene rings is 1. The molecule has 50 heavy (non-hydrogen) atoms. The monoisotopic (exact) mass is 711 g/mol. The van der Waals surface area contributed by atoms with Crippen LogP contribution in [0.25, 0.3) is 32.2 Å². The number of carbonyl (C=O) groups is 1. The number of carbonyl (C=O) groups excluding carboxylic acids is 1. The van der Waals surface area contributed by atoms with E-state index in [-0.39, 0.29) is 47.9 Å². The number of fused-ring (bicyclic) bond motifs is 4. The van der Waals surface area contributed by atoms with Gasteiger partial charge in [0.05, 0.1) is 46.0 Å². The van der Waals surface area contributed by atoms with Crippen molar-refractivity contribution in [1.29, 1.82) is 5.26 Å². The van der Waals surface area contributed by atoms with Crippen LogP contribution in [-0.2, 0) is 6.54 Å². The van der Waals surface area contributed by atoms with Gasteiger partial charge >= 0.3 is 0 Å². The predicted molar refractivity (Wildman–Crippen MR) is 191 cm³/mol. The molecule has 2 aliphatic heterocycles. The Bertz CT molecular complexity index is 2330. The van der Waals surface area contributed by atoms with Crippen molar-refractivity contribution < 1.29 is 13.6 Å². The summed E-state index contributed by atoms with van der Waals surface area (Å²) in [7, 11) is 1.85. The number of aromatic nitrogens is 4. The van der Waals surface area contributed by atoms with Crippen molar-refractivity contribution in [3.05, 3.63) is 79.9 Å². The third kappa shape index (κ3) is 6.02. The lowest BCUT2D eigenvalue weighted by molar-refractivity contribution is 0.0396. The quantitative estimate of drug-likeness (QED) is 0.133. The first-order valence-corrected chi connectivity index (χ1v) is 17.5. The van der Waals surface area contributed by atoms with E-state index in [1.54, 1.807) is 24.6 Å². The molecule has 0 spiro atoms. The normalized spacial score (nSPS) is 18.7. The molecule has 0 N–H and O–H groups in total. The number of thiophene rings is 1. The topological polar surface area (TPSA) is 108 Å². The molecule has 0 radical (unpaired) electrons. The van der Waals surface area contributed by atoms with Crippen LogP contribution in [0.15, 0.2) is 46.8 Å². The van der Waals surface area contributed by atoms with Crippen molar-refractivity contribution in [3.8, 4) is 29.0 Å². The Hall–Kier alpha value is -4.75. The Labute approximate surface area is 296 Å². The summed E-state index contributed by atoms with van der Waals surface area (Å²) in [6.07, 6.45) is 3.89. The van der Waals surface area contributed by atoms with Crippen LogP contribution in [0.5, 0.6) is 0 Å². The summed E-state index contributed by atoms with van der Waals surface area (Å²) in [4.78, 5) is 43.7. The van der Waals surface area contributed by atoms with Crippen molar-refractivity contribution in [2.24, 2.45) is 0 Å². The molecule has 2 aliphatic rings. The van der Waals surface area contributed by atoms with E-state index in [4.69, 9.17) is 11.6 Å². The van der Waals surface area contributed by atoms with E-state index in [1.807, 2.05) is 35.0 Å². The zero-order valence-corrected chi connectivity index (χ0v) is 29.2. The van der Waals surface area contributed by atoms with Crippen molar-refractivity contribution in [2.45, 2.75) is 70.6 Å². The van der Waals surface area contributed by atoms with Gasteiger partial charge in [0.2, 0.25) is 0 Å². The number of alkyl halides is 2. The maximum absolute atomic E-state index is 14.0. The fraction of sp³-hybridized carbons (Fsp3) is 0.351. The molecule has 1 unspecified atom stereocenters. The van der Waals surface area contributed by atoms with Gasteiger partial charge in [0.25, 0.3) is 12.0 Å². The molecule has 0 amide bonds. The first-order valence-electron chi connectivity index (χ1n) is 16.3. The number of aryl methyl sites for hydroxylation is 1. The summed E-state index contributed by atoms with van der Waals surface area (Å²) in [6, 6.07) is 9.55. The average Bonchev–Trinajstić information content (AvgIpc) is 3.61. The number of hydrogen-bond donors (Lipinski definition) is 0. The molecule has 7 rings (SSSR count). The van der Waals surface area contributed by atoms with Crippen LogP contribution >= 0.6 is 22.9 Å². The molecule has 1 aromatic carbocycles. The summed E-state index contributed by atoms with van der Waals surface area (Å²) in [5, 5.41) is 12.8. The van der Waals surface area contributed by atoms with Crippen molar-refractivity contribution in [2.75, 3.05) is 18.5 Å². The molecule has 0 aliphatic carbocycles. The van der Waals surface area contributed by atoms with Crippen LogP contribution in [0, 0.1) is 30.1 Å². The molecule has 4 aromatic heterocycles. The number of ketones is 1. The van der Waals surface area contributed by atoms with Gasteiger partial charge in [-0.25, -0.2) is 18.7 Å². The first kappa shape index (κ1) is 33.7. The highest BCUT2D eigenvalue weighted by molar-refractivity contribution is 7.18. The number of nitriles is 1. The number of Topliss-reactive ketones (excluding diaryl/α,β-unsaturated/α-hetero) is 1. The molecule has 6 heterocycles. The lowest BCUT2D eigenvalue weighted by Crippen LogP contribution is -2.51. The first-order chi connectivity index (χ1) is 24.0. The molecule has 13 heteroatoms. The molecule has 3 atom stereocenters. The van der Waals surface area contributed by atoms with Gasteiger partial charge in [-0.15, -0.1) is 11.3 Å². The highest BCUT2D eigenvalue weighted by Gasteiger charge is 2.43. The molecular weight excluding hydrogens is 680 g/mol. The Morgan fingerprint density at radius 3 is 2.64 bits per heavy atom. The van der Waals surface area contributed by atoms with Crippen LogP contribution < -0.4 is 10.5 Å². The van der Waals surface area contributed by atoms with Gasteiger partial charge in [-0.05, 0) is 63.8 Å². The Balaban J connectivity index is 1.22. The Morgan fingerprint density at radius 1 is 1.18 bits per heavy atom. The molecule has 2 saturated heterocycles. The Kier molecular flexibility index (Phi) is 9.12. The lowest BCUT2D eigenvalue weighted by atomic mass is 9.95. The van der Waals surface area contributed by atoms with Gasteiger partial charge < -0.3 is 4.90 Å². The third-order valence-electron chi connectivity index (χ3n) is 9.94. The SMILES string of the molecule is CC(=O)c1csc2c(-c3cc(Cl)ccc3C#CCn3c(C)nc4cnc(N(C)C5C[C@H]6CC[C@@H](C5)N6CC(F)F)c(C#N)c4c3=O)ccnc12. The summed E-state index contributed by atoms with van der Waals surface area (Å²) in [6.45, 7) is 3.02. The minimum Gasteiger partial charge on any atom is -0.355 e. The number of hydrogen-bond acceptors (Lipinski definition) is 9. The minimum atomic E-state index is -2.38. The fourth-order valence-corrected chi connectivity index (χ4v) is 8.78. The number of rotatable bonds is 7. The second-order valence-electron chi connectivity index (χ2n) is 12.8. The molecule has 0 saturated carbocycles. The van der Waals surface area contributed by atoms with Crippen molar-refractivity contribution in [3.63, 3.8) is 0 Å². The largest absolute Gasteiger partial charge is 0.355 e. The van der Waals surface area contributed by atoms with E-state index < -0.39 is 12.0 Å². The highest BCUT2D eigenvalue weighted by atomic mass is 35.5. The molecule has 254 valence electrons. The number of nitrogens with zero attached hydrogens (tertiary/aromatic N) is 7. The molecule has 5 aromatic rings. The number of pyridine rings is 2. The van der Waals surface area contributed by atoms with Gasteiger partial charge in [0, 0.05) is 58.5 Å². The van der Waals surface area contributed by atoms with Crippen molar-refractivity contribution in [1.82, 2.24) is 24.4 Å². The van der Waals surface area contributed by atoms with Gasteiger partial charge in [-0.3, -0.25) is 24.0 Å². The maximum atomic E-state index is 14.0. The number of anilines is 1. The van der Waals surface area contributed by atoms with E-state index in [1.165, 1.54) is 29.0 Å². The minimum absolute atomic E-state index is 0.0107. The molecular formula is C37H32ClF2N7O2S. The second kappa shape index (κ2) is 13.5.